The van der Waals surface area contributed by atoms with Gasteiger partial charge in [0.05, 0.1) is 38.3 Å². The molecule has 30 heavy (non-hydrogen) atoms. The summed E-state index contributed by atoms with van der Waals surface area (Å²) >= 11 is 0. The van der Waals surface area contributed by atoms with Crippen LogP contribution in [0.2, 0.25) is 0 Å². The summed E-state index contributed by atoms with van der Waals surface area (Å²) in [5.74, 6) is 2.70. The van der Waals surface area contributed by atoms with Crippen LogP contribution in [0.1, 0.15) is 44.3 Å². The van der Waals surface area contributed by atoms with Gasteiger partial charge in [-0.15, -0.1) is 0 Å². The number of nitrogens with one attached hydrogen (secondary N) is 1. The highest BCUT2D eigenvalue weighted by molar-refractivity contribution is 5.80. The van der Waals surface area contributed by atoms with Crippen molar-refractivity contribution >= 4 is 11.9 Å². The van der Waals surface area contributed by atoms with Gasteiger partial charge in [0.2, 0.25) is 0 Å². The standard InChI is InChI=1S/C22H36N4O4/c1-4-23-22(26-10-8-18(9-11-26)21(27)29-5-2)24-16-19(20-7-6-17(3)30-20)25-12-14-28-15-13-25/h6-7,18-19H,4-5,8-16H2,1-3H3,(H,23,24). The molecule has 2 saturated heterocycles. The molecule has 0 aromatic carbocycles. The summed E-state index contributed by atoms with van der Waals surface area (Å²) in [6.45, 7) is 12.6. The number of morpholine rings is 1. The summed E-state index contributed by atoms with van der Waals surface area (Å²) in [7, 11) is 0. The van der Waals surface area contributed by atoms with Gasteiger partial charge in [-0.3, -0.25) is 14.7 Å². The van der Waals surface area contributed by atoms with E-state index < -0.39 is 0 Å². The second-order valence-electron chi connectivity index (χ2n) is 7.82. The van der Waals surface area contributed by atoms with Crippen LogP contribution < -0.4 is 5.32 Å². The molecule has 0 radical (unpaired) electrons. The SMILES string of the molecule is CCNC(=NCC(c1ccc(C)o1)N1CCOCC1)N1CCC(C(=O)OCC)CC1. The first-order valence-electron chi connectivity index (χ1n) is 11.2. The molecule has 2 fully saturated rings. The number of aryl methyl sites for hydroxylation is 1. The fraction of sp³-hybridized carbons (Fsp3) is 0.727. The van der Waals surface area contributed by atoms with Crippen molar-refractivity contribution in [2.45, 2.75) is 39.7 Å². The van der Waals surface area contributed by atoms with Gasteiger partial charge in [-0.2, -0.15) is 0 Å². The van der Waals surface area contributed by atoms with Gasteiger partial charge in [0.1, 0.15) is 11.5 Å². The van der Waals surface area contributed by atoms with Crippen LogP contribution in [-0.2, 0) is 14.3 Å². The van der Waals surface area contributed by atoms with E-state index >= 15 is 0 Å². The quantitative estimate of drug-likeness (QED) is 0.411. The number of aliphatic imine (C=N–C) groups is 1. The smallest absolute Gasteiger partial charge is 0.309 e. The molecule has 2 aliphatic heterocycles. The first-order chi connectivity index (χ1) is 14.6. The predicted molar refractivity (Wildman–Crippen MR) is 115 cm³/mol. The molecule has 1 unspecified atom stereocenters. The van der Waals surface area contributed by atoms with Crippen LogP contribution in [0.25, 0.3) is 0 Å². The third kappa shape index (κ3) is 5.98. The average Bonchev–Trinajstić information content (AvgIpc) is 3.20. The Morgan fingerprint density at radius 3 is 2.57 bits per heavy atom. The largest absolute Gasteiger partial charge is 0.466 e. The monoisotopic (exact) mass is 420 g/mol. The van der Waals surface area contributed by atoms with Crippen molar-refractivity contribution in [2.24, 2.45) is 10.9 Å². The van der Waals surface area contributed by atoms with E-state index in [2.05, 4.69) is 28.1 Å². The van der Waals surface area contributed by atoms with Crippen LogP contribution >= 0.6 is 0 Å². The van der Waals surface area contributed by atoms with Gasteiger partial charge in [0.25, 0.3) is 0 Å². The molecule has 2 aliphatic rings. The first-order valence-corrected chi connectivity index (χ1v) is 11.2. The minimum Gasteiger partial charge on any atom is -0.466 e. The number of likely N-dealkylation sites (tertiary alicyclic amines) is 1. The molecule has 8 heteroatoms. The number of esters is 1. The van der Waals surface area contributed by atoms with Crippen LogP contribution in [0.3, 0.4) is 0 Å². The fourth-order valence-electron chi connectivity index (χ4n) is 4.09. The zero-order valence-electron chi connectivity index (χ0n) is 18.6. The molecule has 3 rings (SSSR count). The van der Waals surface area contributed by atoms with E-state index in [1.165, 1.54) is 0 Å². The molecule has 0 amide bonds. The van der Waals surface area contributed by atoms with Crippen molar-refractivity contribution < 1.29 is 18.7 Å². The highest BCUT2D eigenvalue weighted by Crippen LogP contribution is 2.25. The Labute approximate surface area is 179 Å². The molecule has 0 saturated carbocycles. The molecule has 1 N–H and O–H groups in total. The maximum absolute atomic E-state index is 12.0. The molecule has 3 heterocycles. The number of nitrogens with zero attached hydrogens (tertiary/aromatic N) is 3. The summed E-state index contributed by atoms with van der Waals surface area (Å²) in [4.78, 5) is 21.7. The van der Waals surface area contributed by atoms with Crippen molar-refractivity contribution in [3.05, 3.63) is 23.7 Å². The number of carbonyl (C=O) groups is 1. The normalized spacial score (nSPS) is 20.2. The molecule has 0 bridgehead atoms. The van der Waals surface area contributed by atoms with E-state index in [1.807, 2.05) is 19.9 Å². The van der Waals surface area contributed by atoms with Crippen LogP contribution in [0, 0.1) is 12.8 Å². The third-order valence-corrected chi connectivity index (χ3v) is 5.74. The van der Waals surface area contributed by atoms with E-state index in [0.717, 1.165) is 76.3 Å². The summed E-state index contributed by atoms with van der Waals surface area (Å²) in [6, 6.07) is 4.16. The summed E-state index contributed by atoms with van der Waals surface area (Å²) in [5, 5.41) is 3.42. The van der Waals surface area contributed by atoms with E-state index in [9.17, 15) is 4.79 Å². The second kappa shape index (κ2) is 11.4. The number of hydrogen-bond acceptors (Lipinski definition) is 6. The molecule has 168 valence electrons. The topological polar surface area (TPSA) is 79.5 Å². The lowest BCUT2D eigenvalue weighted by molar-refractivity contribution is -0.149. The Balaban J connectivity index is 1.67. The highest BCUT2D eigenvalue weighted by atomic mass is 16.5. The summed E-state index contributed by atoms with van der Waals surface area (Å²) < 4.78 is 16.7. The van der Waals surface area contributed by atoms with E-state index in [4.69, 9.17) is 18.9 Å². The molecule has 1 aromatic heterocycles. The van der Waals surface area contributed by atoms with E-state index in [1.54, 1.807) is 0 Å². The Hall–Kier alpha value is -2.06. The Kier molecular flexibility index (Phi) is 8.57. The van der Waals surface area contributed by atoms with Crippen molar-refractivity contribution in [3.63, 3.8) is 0 Å². The molecule has 1 atom stereocenters. The second-order valence-corrected chi connectivity index (χ2v) is 7.82. The van der Waals surface area contributed by atoms with Crippen LogP contribution in [0.15, 0.2) is 21.5 Å². The zero-order valence-corrected chi connectivity index (χ0v) is 18.6. The Bertz CT molecular complexity index is 691. The van der Waals surface area contributed by atoms with Gasteiger partial charge in [-0.1, -0.05) is 0 Å². The first kappa shape index (κ1) is 22.6. The van der Waals surface area contributed by atoms with Crippen LogP contribution in [0.5, 0.6) is 0 Å². The van der Waals surface area contributed by atoms with Gasteiger partial charge in [0, 0.05) is 32.7 Å². The molecular weight excluding hydrogens is 384 g/mol. The Morgan fingerprint density at radius 1 is 1.23 bits per heavy atom. The lowest BCUT2D eigenvalue weighted by Crippen LogP contribution is -2.47. The summed E-state index contributed by atoms with van der Waals surface area (Å²) in [5.41, 5.74) is 0. The van der Waals surface area contributed by atoms with Crippen molar-refractivity contribution in [3.8, 4) is 0 Å². The van der Waals surface area contributed by atoms with Crippen LogP contribution in [-0.4, -0.2) is 80.8 Å². The Morgan fingerprint density at radius 2 is 1.97 bits per heavy atom. The number of furan rings is 1. The van der Waals surface area contributed by atoms with Crippen molar-refractivity contribution in [1.82, 2.24) is 15.1 Å². The predicted octanol–water partition coefficient (Wildman–Crippen LogP) is 2.20. The molecule has 0 spiro atoms. The van der Waals surface area contributed by atoms with Crippen molar-refractivity contribution in [2.75, 3.05) is 59.1 Å². The number of carbonyl (C=O) groups excluding carboxylic acids is 1. The number of guanidine groups is 1. The molecular formula is C22H36N4O4. The lowest BCUT2D eigenvalue weighted by atomic mass is 9.97. The number of ether oxygens (including phenoxy) is 2. The number of piperidine rings is 1. The minimum absolute atomic E-state index is 0.00345. The summed E-state index contributed by atoms with van der Waals surface area (Å²) in [6.07, 6.45) is 1.60. The fourth-order valence-corrected chi connectivity index (χ4v) is 4.09. The van der Waals surface area contributed by atoms with Gasteiger partial charge in [-0.25, -0.2) is 0 Å². The van der Waals surface area contributed by atoms with Gasteiger partial charge < -0.3 is 24.1 Å². The van der Waals surface area contributed by atoms with Gasteiger partial charge >= 0.3 is 5.97 Å². The average molecular weight is 421 g/mol. The lowest BCUT2D eigenvalue weighted by Gasteiger charge is -2.35. The van der Waals surface area contributed by atoms with Gasteiger partial charge in [-0.05, 0) is 45.7 Å². The third-order valence-electron chi connectivity index (χ3n) is 5.74. The maximum atomic E-state index is 12.0. The van der Waals surface area contributed by atoms with Crippen molar-refractivity contribution in [1.29, 1.82) is 0 Å². The van der Waals surface area contributed by atoms with Gasteiger partial charge in [0.15, 0.2) is 5.96 Å². The highest BCUT2D eigenvalue weighted by Gasteiger charge is 2.29. The number of rotatable bonds is 7. The zero-order chi connectivity index (χ0) is 21.3. The number of hydrogen-bond donors (Lipinski definition) is 1. The minimum atomic E-state index is -0.0698. The van der Waals surface area contributed by atoms with E-state index in [-0.39, 0.29) is 17.9 Å². The van der Waals surface area contributed by atoms with Crippen LogP contribution in [0.4, 0.5) is 0 Å². The molecule has 8 nitrogen and oxygen atoms in total. The maximum Gasteiger partial charge on any atom is 0.309 e. The van der Waals surface area contributed by atoms with E-state index in [0.29, 0.717) is 13.2 Å². The molecule has 1 aromatic rings. The molecule has 0 aliphatic carbocycles.